The number of rotatable bonds is 5. The van der Waals surface area contributed by atoms with Crippen LogP contribution in [-0.4, -0.2) is 48.5 Å². The average molecular weight is 498 g/mol. The van der Waals surface area contributed by atoms with Gasteiger partial charge >= 0.3 is 0 Å². The summed E-state index contributed by atoms with van der Waals surface area (Å²) in [7, 11) is 0. The first kappa shape index (κ1) is 21.4. The number of benzene rings is 1. The molecule has 0 unspecified atom stereocenters. The van der Waals surface area contributed by atoms with Crippen LogP contribution in [-0.2, 0) is 24.5 Å². The standard InChI is InChI=1S/C23H21Cl2N7O2/c24-15-7-26-8-16(25)14(15)11-34-12-3-4-17-13(6-12)21(31-30-17)22-28-19-9-32(10-20(19)29-22)23(33)18-2-1-5-27-18/h3-4,6-8,18,27H,1-2,5,9-11H2,(H,28,29)(H,30,31)/t18-/m0/s1. The van der Waals surface area contributed by atoms with Gasteiger partial charge in [-0.3, -0.25) is 14.9 Å². The van der Waals surface area contributed by atoms with Crippen molar-refractivity contribution >= 4 is 40.0 Å². The van der Waals surface area contributed by atoms with Crippen LogP contribution in [0, 0.1) is 0 Å². The van der Waals surface area contributed by atoms with Gasteiger partial charge in [-0.1, -0.05) is 23.2 Å². The summed E-state index contributed by atoms with van der Waals surface area (Å²) in [5.41, 5.74) is 4.08. The van der Waals surface area contributed by atoms with Gasteiger partial charge in [0.2, 0.25) is 5.91 Å². The van der Waals surface area contributed by atoms with Crippen molar-refractivity contribution in [3.05, 3.63) is 57.6 Å². The Hall–Kier alpha value is -3.14. The SMILES string of the molecule is O=C([C@@H]1CCCN1)N1Cc2nc(-c3n[nH]c4ccc(OCc5c(Cl)cncc5Cl)cc34)[nH]c2C1. The molecule has 4 aromatic rings. The number of hydrogen-bond acceptors (Lipinski definition) is 6. The van der Waals surface area contributed by atoms with E-state index < -0.39 is 0 Å². The highest BCUT2D eigenvalue weighted by Crippen LogP contribution is 2.32. The van der Waals surface area contributed by atoms with Crippen LogP contribution >= 0.6 is 23.2 Å². The van der Waals surface area contributed by atoms with Gasteiger partial charge in [0, 0.05) is 23.3 Å². The van der Waals surface area contributed by atoms with Crippen LogP contribution in [0.2, 0.25) is 10.0 Å². The molecule has 0 radical (unpaired) electrons. The van der Waals surface area contributed by atoms with Crippen LogP contribution in [0.15, 0.2) is 30.6 Å². The maximum Gasteiger partial charge on any atom is 0.240 e. The number of imidazole rings is 1. The lowest BCUT2D eigenvalue weighted by Crippen LogP contribution is -2.41. The molecule has 3 aromatic heterocycles. The third kappa shape index (κ3) is 3.79. The van der Waals surface area contributed by atoms with E-state index in [0.29, 0.717) is 46.0 Å². The van der Waals surface area contributed by atoms with E-state index in [-0.39, 0.29) is 18.6 Å². The number of pyridine rings is 1. The lowest BCUT2D eigenvalue weighted by atomic mass is 10.2. The van der Waals surface area contributed by atoms with E-state index in [1.165, 1.54) is 0 Å². The third-order valence-corrected chi connectivity index (χ3v) is 6.97. The molecule has 0 bridgehead atoms. The molecule has 2 aliphatic rings. The Morgan fingerprint density at radius 1 is 1.21 bits per heavy atom. The number of aromatic amines is 2. The minimum absolute atomic E-state index is 0.0749. The molecule has 5 heterocycles. The highest BCUT2D eigenvalue weighted by Gasteiger charge is 2.33. The highest BCUT2D eigenvalue weighted by molar-refractivity contribution is 6.35. The number of nitrogens with one attached hydrogen (secondary N) is 3. The number of amides is 1. The van der Waals surface area contributed by atoms with Gasteiger partial charge in [-0.25, -0.2) is 4.98 Å². The maximum atomic E-state index is 12.7. The van der Waals surface area contributed by atoms with E-state index in [9.17, 15) is 4.79 Å². The number of ether oxygens (including phenoxy) is 1. The first-order valence-electron chi connectivity index (χ1n) is 11.1. The smallest absolute Gasteiger partial charge is 0.240 e. The van der Waals surface area contributed by atoms with Gasteiger partial charge in [0.1, 0.15) is 18.1 Å². The van der Waals surface area contributed by atoms with Crippen molar-refractivity contribution in [1.29, 1.82) is 0 Å². The number of nitrogens with zero attached hydrogens (tertiary/aromatic N) is 4. The second-order valence-electron chi connectivity index (χ2n) is 8.50. The predicted octanol–water partition coefficient (Wildman–Crippen LogP) is 3.83. The number of hydrogen-bond donors (Lipinski definition) is 3. The lowest BCUT2D eigenvalue weighted by molar-refractivity contribution is -0.133. The fourth-order valence-corrected chi connectivity index (χ4v) is 4.99. The van der Waals surface area contributed by atoms with Crippen molar-refractivity contribution in [1.82, 2.24) is 35.4 Å². The molecule has 174 valence electrons. The normalized spacial score (nSPS) is 17.5. The molecule has 2 aliphatic heterocycles. The quantitative estimate of drug-likeness (QED) is 0.386. The number of fused-ring (bicyclic) bond motifs is 2. The first-order chi connectivity index (χ1) is 16.6. The molecule has 0 spiro atoms. The molecular weight excluding hydrogens is 477 g/mol. The highest BCUT2D eigenvalue weighted by atomic mass is 35.5. The Morgan fingerprint density at radius 2 is 2.06 bits per heavy atom. The van der Waals surface area contributed by atoms with E-state index >= 15 is 0 Å². The van der Waals surface area contributed by atoms with Crippen LogP contribution in [0.3, 0.4) is 0 Å². The molecule has 1 aromatic carbocycles. The molecule has 34 heavy (non-hydrogen) atoms. The van der Waals surface area contributed by atoms with Crippen molar-refractivity contribution < 1.29 is 9.53 Å². The Labute approximate surface area is 204 Å². The van der Waals surface area contributed by atoms with Crippen LogP contribution in [0.5, 0.6) is 5.75 Å². The first-order valence-corrected chi connectivity index (χ1v) is 11.8. The number of aromatic nitrogens is 5. The molecule has 1 atom stereocenters. The summed E-state index contributed by atoms with van der Waals surface area (Å²) in [5, 5.41) is 12.6. The van der Waals surface area contributed by atoms with Gasteiger partial charge in [-0.2, -0.15) is 5.10 Å². The van der Waals surface area contributed by atoms with Gasteiger partial charge in [-0.05, 0) is 37.6 Å². The average Bonchev–Trinajstić information content (AvgIpc) is 3.61. The van der Waals surface area contributed by atoms with Crippen molar-refractivity contribution in [3.63, 3.8) is 0 Å². The molecule has 0 saturated carbocycles. The maximum absolute atomic E-state index is 12.7. The fraction of sp³-hybridized carbons (Fsp3) is 0.304. The van der Waals surface area contributed by atoms with Gasteiger partial charge in [0.15, 0.2) is 5.82 Å². The van der Waals surface area contributed by atoms with E-state index in [1.54, 1.807) is 12.4 Å². The second kappa shape index (κ2) is 8.57. The van der Waals surface area contributed by atoms with Crippen LogP contribution in [0.25, 0.3) is 22.4 Å². The summed E-state index contributed by atoms with van der Waals surface area (Å²) in [5.74, 6) is 1.46. The summed E-state index contributed by atoms with van der Waals surface area (Å²) in [4.78, 5) is 26.7. The Bertz CT molecular complexity index is 1350. The monoisotopic (exact) mass is 497 g/mol. The van der Waals surface area contributed by atoms with Crippen molar-refractivity contribution in [2.24, 2.45) is 0 Å². The van der Waals surface area contributed by atoms with Crippen molar-refractivity contribution in [2.75, 3.05) is 6.54 Å². The zero-order valence-corrected chi connectivity index (χ0v) is 19.6. The van der Waals surface area contributed by atoms with Crippen LogP contribution in [0.1, 0.15) is 29.8 Å². The summed E-state index contributed by atoms with van der Waals surface area (Å²) in [6, 6.07) is 5.60. The van der Waals surface area contributed by atoms with E-state index in [4.69, 9.17) is 32.9 Å². The number of halogens is 2. The molecule has 6 rings (SSSR count). The van der Waals surface area contributed by atoms with Crippen LogP contribution < -0.4 is 10.1 Å². The third-order valence-electron chi connectivity index (χ3n) is 6.32. The molecule has 1 amide bonds. The molecule has 9 nitrogen and oxygen atoms in total. The number of H-pyrrole nitrogens is 2. The zero-order chi connectivity index (χ0) is 23.2. The molecular formula is C23H21Cl2N7O2. The Morgan fingerprint density at radius 3 is 2.82 bits per heavy atom. The molecule has 1 fully saturated rings. The Kier molecular flexibility index (Phi) is 5.40. The number of carbonyl (C=O) groups excluding carboxylic acids is 1. The summed E-state index contributed by atoms with van der Waals surface area (Å²) >= 11 is 12.4. The summed E-state index contributed by atoms with van der Waals surface area (Å²) < 4.78 is 5.95. The van der Waals surface area contributed by atoms with E-state index in [0.717, 1.165) is 41.7 Å². The van der Waals surface area contributed by atoms with Crippen LogP contribution in [0.4, 0.5) is 0 Å². The van der Waals surface area contributed by atoms with Crippen molar-refractivity contribution in [2.45, 2.75) is 38.6 Å². The number of carbonyl (C=O) groups is 1. The molecule has 1 saturated heterocycles. The molecule has 11 heteroatoms. The summed E-state index contributed by atoms with van der Waals surface area (Å²) in [6.07, 6.45) is 5.01. The fourth-order valence-electron chi connectivity index (χ4n) is 4.51. The summed E-state index contributed by atoms with van der Waals surface area (Å²) in [6.45, 7) is 2.16. The largest absolute Gasteiger partial charge is 0.489 e. The lowest BCUT2D eigenvalue weighted by Gasteiger charge is -2.19. The topological polar surface area (TPSA) is 112 Å². The zero-order valence-electron chi connectivity index (χ0n) is 18.1. The van der Waals surface area contributed by atoms with Crippen molar-refractivity contribution in [3.8, 4) is 17.3 Å². The van der Waals surface area contributed by atoms with Gasteiger partial charge < -0.3 is 19.9 Å². The predicted molar refractivity (Wildman–Crippen MR) is 128 cm³/mol. The van der Waals surface area contributed by atoms with Gasteiger partial charge in [0.05, 0.1) is 46.1 Å². The molecule has 3 N–H and O–H groups in total. The van der Waals surface area contributed by atoms with E-state index in [1.807, 2.05) is 23.1 Å². The minimum Gasteiger partial charge on any atom is -0.489 e. The second-order valence-corrected chi connectivity index (χ2v) is 9.32. The molecule has 0 aliphatic carbocycles. The van der Waals surface area contributed by atoms with E-state index in [2.05, 4.69) is 25.5 Å². The Balaban J connectivity index is 1.21. The van der Waals surface area contributed by atoms with Gasteiger partial charge in [0.25, 0.3) is 0 Å². The minimum atomic E-state index is -0.0749. The van der Waals surface area contributed by atoms with Gasteiger partial charge in [-0.15, -0.1) is 0 Å².